The molecule has 160 valence electrons. The Balaban J connectivity index is 1.27. The number of aromatic nitrogens is 1. The quantitative estimate of drug-likeness (QED) is 0.573. The zero-order chi connectivity index (χ0) is 20.3. The molecule has 2 nitrogen and oxygen atoms in total. The Morgan fingerprint density at radius 3 is 2.70 bits per heavy atom. The molecule has 8 unspecified atom stereocenters. The predicted octanol–water partition coefficient (Wildman–Crippen LogP) is 6.72. The fourth-order valence-corrected chi connectivity index (χ4v) is 8.73. The Morgan fingerprint density at radius 1 is 0.867 bits per heavy atom. The van der Waals surface area contributed by atoms with Crippen molar-refractivity contribution in [2.45, 2.75) is 83.2 Å². The first-order valence-corrected chi connectivity index (χ1v) is 12.6. The molecule has 1 heterocycles. The van der Waals surface area contributed by atoms with Crippen molar-refractivity contribution in [2.24, 2.45) is 35.0 Å². The molecule has 1 aromatic carbocycles. The van der Waals surface area contributed by atoms with Crippen molar-refractivity contribution in [1.29, 1.82) is 0 Å². The van der Waals surface area contributed by atoms with Crippen LogP contribution in [0.25, 0.3) is 10.8 Å². The highest BCUT2D eigenvalue weighted by atomic mass is 16.3. The van der Waals surface area contributed by atoms with Crippen LogP contribution in [0.1, 0.15) is 82.6 Å². The van der Waals surface area contributed by atoms with Gasteiger partial charge in [0.05, 0.1) is 6.10 Å². The summed E-state index contributed by atoms with van der Waals surface area (Å²) >= 11 is 0. The second kappa shape index (κ2) is 7.33. The molecule has 8 atom stereocenters. The van der Waals surface area contributed by atoms with Crippen molar-refractivity contribution in [3.63, 3.8) is 0 Å². The third-order valence-electron chi connectivity index (χ3n) is 10.2. The monoisotopic (exact) mass is 403 g/mol. The molecule has 0 spiro atoms. The van der Waals surface area contributed by atoms with E-state index in [1.54, 1.807) is 5.56 Å². The van der Waals surface area contributed by atoms with Gasteiger partial charge < -0.3 is 5.11 Å². The van der Waals surface area contributed by atoms with Crippen molar-refractivity contribution in [3.8, 4) is 0 Å². The van der Waals surface area contributed by atoms with Gasteiger partial charge in [0.1, 0.15) is 0 Å². The van der Waals surface area contributed by atoms with Gasteiger partial charge >= 0.3 is 0 Å². The van der Waals surface area contributed by atoms with E-state index in [1.807, 2.05) is 12.4 Å². The van der Waals surface area contributed by atoms with E-state index in [4.69, 9.17) is 0 Å². The first-order valence-electron chi connectivity index (χ1n) is 12.6. The molecule has 0 radical (unpaired) electrons. The number of pyridine rings is 1. The van der Waals surface area contributed by atoms with Crippen LogP contribution < -0.4 is 0 Å². The number of aliphatic hydroxyl groups excluding tert-OH is 1. The van der Waals surface area contributed by atoms with Gasteiger partial charge in [0.2, 0.25) is 0 Å². The molecule has 4 aliphatic carbocycles. The second-order valence-corrected chi connectivity index (χ2v) is 11.5. The molecule has 0 aliphatic heterocycles. The van der Waals surface area contributed by atoms with Crippen molar-refractivity contribution in [1.82, 2.24) is 4.98 Å². The molecule has 0 amide bonds. The van der Waals surface area contributed by atoms with Gasteiger partial charge in [-0.05, 0) is 128 Å². The van der Waals surface area contributed by atoms with Crippen molar-refractivity contribution in [2.75, 3.05) is 0 Å². The van der Waals surface area contributed by atoms with E-state index in [1.165, 1.54) is 62.1 Å². The molecule has 2 heteroatoms. The van der Waals surface area contributed by atoms with E-state index in [9.17, 15) is 5.11 Å². The first kappa shape index (κ1) is 19.3. The Morgan fingerprint density at radius 2 is 1.77 bits per heavy atom. The van der Waals surface area contributed by atoms with Crippen LogP contribution in [0, 0.1) is 35.0 Å². The zero-order valence-corrected chi connectivity index (χ0v) is 18.5. The van der Waals surface area contributed by atoms with Gasteiger partial charge in [-0.1, -0.05) is 19.1 Å². The molecule has 4 fully saturated rings. The molecule has 4 aliphatic rings. The highest BCUT2D eigenvalue weighted by Crippen LogP contribution is 2.64. The number of aliphatic hydroxyl groups is 1. The largest absolute Gasteiger partial charge is 0.393 e. The fraction of sp³-hybridized carbons (Fsp3) is 0.679. The van der Waals surface area contributed by atoms with Crippen LogP contribution in [0.15, 0.2) is 36.7 Å². The smallest absolute Gasteiger partial charge is 0.0543 e. The van der Waals surface area contributed by atoms with E-state index in [2.05, 4.69) is 36.2 Å². The molecular weight excluding hydrogens is 366 g/mol. The Kier molecular flexibility index (Phi) is 4.71. The van der Waals surface area contributed by atoms with E-state index in [0.717, 1.165) is 42.4 Å². The van der Waals surface area contributed by atoms with E-state index in [0.29, 0.717) is 11.3 Å². The summed E-state index contributed by atoms with van der Waals surface area (Å²) < 4.78 is 0. The van der Waals surface area contributed by atoms with Crippen LogP contribution in [-0.2, 0) is 0 Å². The number of hydrogen-bond acceptors (Lipinski definition) is 2. The highest BCUT2D eigenvalue weighted by molar-refractivity contribution is 5.82. The average Bonchev–Trinajstić information content (AvgIpc) is 3.00. The maximum atomic E-state index is 10.3. The average molecular weight is 404 g/mol. The van der Waals surface area contributed by atoms with Crippen LogP contribution in [0.4, 0.5) is 0 Å². The zero-order valence-electron chi connectivity index (χ0n) is 18.5. The normalized spacial score (nSPS) is 43.5. The van der Waals surface area contributed by atoms with E-state index in [-0.39, 0.29) is 6.10 Å². The minimum Gasteiger partial charge on any atom is -0.393 e. The molecular formula is C28H37NO. The Labute approximate surface area is 181 Å². The molecule has 0 bridgehead atoms. The summed E-state index contributed by atoms with van der Waals surface area (Å²) in [6, 6.07) is 9.30. The first-order chi connectivity index (χ1) is 14.6. The standard InChI is InChI=1S/C28H37NO/c1-28-12-10-20-14-22-16-24(30)6-4-18(22)5-7-25(20)27(28)9-8-26(28)21-3-2-19-11-13-29-17-23(19)15-21/h2-3,11,13,15,17-18,20,22,24-27,30H,4-10,12,14,16H2,1H3. The Bertz CT molecular complexity index is 924. The van der Waals surface area contributed by atoms with E-state index >= 15 is 0 Å². The molecule has 6 rings (SSSR count). The lowest BCUT2D eigenvalue weighted by molar-refractivity contribution is 0.0169. The van der Waals surface area contributed by atoms with Gasteiger partial charge in [0.15, 0.2) is 0 Å². The summed E-state index contributed by atoms with van der Waals surface area (Å²) in [4.78, 5) is 4.37. The van der Waals surface area contributed by atoms with Crippen molar-refractivity contribution in [3.05, 3.63) is 42.2 Å². The lowest BCUT2D eigenvalue weighted by Crippen LogP contribution is -2.40. The number of nitrogens with zero attached hydrogens (tertiary/aromatic N) is 1. The van der Waals surface area contributed by atoms with Crippen LogP contribution in [-0.4, -0.2) is 16.2 Å². The van der Waals surface area contributed by atoms with Crippen LogP contribution in [0.5, 0.6) is 0 Å². The van der Waals surface area contributed by atoms with Gasteiger partial charge in [-0.25, -0.2) is 0 Å². The van der Waals surface area contributed by atoms with E-state index < -0.39 is 0 Å². The summed E-state index contributed by atoms with van der Waals surface area (Å²) in [5.74, 6) is 5.16. The van der Waals surface area contributed by atoms with Gasteiger partial charge in [0, 0.05) is 17.8 Å². The molecule has 1 aromatic heterocycles. The molecule has 2 aromatic rings. The maximum Gasteiger partial charge on any atom is 0.0543 e. The third-order valence-corrected chi connectivity index (χ3v) is 10.2. The van der Waals surface area contributed by atoms with Crippen molar-refractivity contribution < 1.29 is 5.11 Å². The Hall–Kier alpha value is -1.41. The summed E-state index contributed by atoms with van der Waals surface area (Å²) in [7, 11) is 0. The van der Waals surface area contributed by atoms with Gasteiger partial charge in [-0.3, -0.25) is 4.98 Å². The SMILES string of the molecule is CC12CCC3CC4CC(O)CCC4CCC3C1CCC2c1ccc2ccncc2c1. The highest BCUT2D eigenvalue weighted by Gasteiger charge is 2.55. The fourth-order valence-electron chi connectivity index (χ4n) is 8.73. The molecule has 30 heavy (non-hydrogen) atoms. The van der Waals surface area contributed by atoms with Gasteiger partial charge in [-0.2, -0.15) is 0 Å². The number of hydrogen-bond donors (Lipinski definition) is 1. The summed E-state index contributed by atoms with van der Waals surface area (Å²) in [5, 5.41) is 12.9. The minimum absolute atomic E-state index is 0.0186. The third kappa shape index (κ3) is 3.05. The molecule has 4 saturated carbocycles. The second-order valence-electron chi connectivity index (χ2n) is 11.5. The molecule has 0 saturated heterocycles. The maximum absolute atomic E-state index is 10.3. The van der Waals surface area contributed by atoms with Crippen LogP contribution in [0.2, 0.25) is 0 Å². The summed E-state index contributed by atoms with van der Waals surface area (Å²) in [6.45, 7) is 2.64. The van der Waals surface area contributed by atoms with Crippen LogP contribution in [0.3, 0.4) is 0 Å². The topological polar surface area (TPSA) is 33.1 Å². The number of fused-ring (bicyclic) bond motifs is 5. The lowest BCUT2D eigenvalue weighted by atomic mass is 9.56. The lowest BCUT2D eigenvalue weighted by Gasteiger charge is -2.49. The summed E-state index contributed by atoms with van der Waals surface area (Å²) in [6.07, 6.45) is 17.2. The van der Waals surface area contributed by atoms with Crippen LogP contribution >= 0.6 is 0 Å². The van der Waals surface area contributed by atoms with Gasteiger partial charge in [-0.15, -0.1) is 0 Å². The molecule has 1 N–H and O–H groups in total. The summed E-state index contributed by atoms with van der Waals surface area (Å²) in [5.41, 5.74) is 2.02. The number of benzene rings is 1. The van der Waals surface area contributed by atoms with Crippen molar-refractivity contribution >= 4 is 10.8 Å². The number of rotatable bonds is 1. The predicted molar refractivity (Wildman–Crippen MR) is 122 cm³/mol. The minimum atomic E-state index is -0.0186. The van der Waals surface area contributed by atoms with Gasteiger partial charge in [0.25, 0.3) is 0 Å².